The van der Waals surface area contributed by atoms with Gasteiger partial charge in [-0.05, 0) is 66.1 Å². The van der Waals surface area contributed by atoms with Gasteiger partial charge in [0.15, 0.2) is 5.79 Å². The van der Waals surface area contributed by atoms with Crippen molar-refractivity contribution < 1.29 is 24.4 Å². The lowest BCUT2D eigenvalue weighted by atomic mass is 9.49. The molecule has 2 heterocycles. The molecule has 2 saturated heterocycles. The second-order valence-corrected chi connectivity index (χ2v) is 15.3. The zero-order chi connectivity index (χ0) is 28.6. The fourth-order valence-electron chi connectivity index (χ4n) is 9.24. The molecular formula is C35H52O5. The summed E-state index contributed by atoms with van der Waals surface area (Å²) in [5.41, 5.74) is 4.44. The van der Waals surface area contributed by atoms with Crippen molar-refractivity contribution in [3.05, 3.63) is 46.5 Å². The van der Waals surface area contributed by atoms with E-state index in [1.54, 1.807) is 0 Å². The van der Waals surface area contributed by atoms with Gasteiger partial charge in [-0.1, -0.05) is 77.8 Å². The molecule has 6 atom stereocenters. The van der Waals surface area contributed by atoms with Crippen molar-refractivity contribution in [2.45, 2.75) is 122 Å². The average molecular weight is 553 g/mol. The molecule has 2 saturated carbocycles. The second kappa shape index (κ2) is 9.91. The summed E-state index contributed by atoms with van der Waals surface area (Å²) in [6.07, 6.45) is 6.23. The first-order valence-electron chi connectivity index (χ1n) is 16.0. The topological polar surface area (TPSA) is 68.2 Å². The van der Waals surface area contributed by atoms with Gasteiger partial charge in [-0.25, -0.2) is 0 Å². The standard InChI is InChI=1S/C35H52O5/c1-7-27-25-13-15-34(37)18-35(39-19-31(3,4)20-40-35)16-14-28(34)30(25)26(17-33(27,6)29(36)8-2)23-9-11-24(12-10-23)32(5)21-38-22-32/h9-12,25-27,29,36-37H,7-8,13-22H2,1-6H3/t25?,26-,27?,29?,33?,34?/m1/s1. The van der Waals surface area contributed by atoms with Crippen LogP contribution in [0.15, 0.2) is 35.4 Å². The van der Waals surface area contributed by atoms with Crippen LogP contribution in [0.4, 0.5) is 0 Å². The minimum absolute atomic E-state index is 0.00644. The van der Waals surface area contributed by atoms with Crippen LogP contribution in [0.25, 0.3) is 0 Å². The first-order valence-corrected chi connectivity index (χ1v) is 16.0. The molecule has 0 bridgehead atoms. The molecule has 5 unspecified atom stereocenters. The molecule has 0 amide bonds. The van der Waals surface area contributed by atoms with Crippen LogP contribution in [0.2, 0.25) is 0 Å². The van der Waals surface area contributed by atoms with Gasteiger partial charge in [-0.3, -0.25) is 0 Å². The Morgan fingerprint density at radius 2 is 1.62 bits per heavy atom. The van der Waals surface area contributed by atoms with Crippen LogP contribution < -0.4 is 0 Å². The highest BCUT2D eigenvalue weighted by atomic mass is 16.7. The molecule has 6 rings (SSSR count). The van der Waals surface area contributed by atoms with Gasteiger partial charge in [0.25, 0.3) is 0 Å². The number of allylic oxidation sites excluding steroid dienone is 1. The summed E-state index contributed by atoms with van der Waals surface area (Å²) >= 11 is 0. The zero-order valence-corrected chi connectivity index (χ0v) is 25.7. The molecule has 0 aromatic heterocycles. The highest BCUT2D eigenvalue weighted by Crippen LogP contribution is 2.63. The van der Waals surface area contributed by atoms with Crippen molar-refractivity contribution in [3.63, 3.8) is 0 Å². The van der Waals surface area contributed by atoms with Gasteiger partial charge < -0.3 is 24.4 Å². The SMILES string of the molecule is CCC(O)C1(C)C[C@H](c2ccc(C3(C)COC3)cc2)C2=C3CCC4(CC3(O)CCC2C1CC)OCC(C)(C)CO4. The maximum Gasteiger partial charge on any atom is 0.171 e. The Morgan fingerprint density at radius 1 is 0.950 bits per heavy atom. The van der Waals surface area contributed by atoms with Crippen molar-refractivity contribution in [1.82, 2.24) is 0 Å². The minimum Gasteiger partial charge on any atom is -0.393 e. The molecule has 3 aliphatic carbocycles. The average Bonchev–Trinajstić information content (AvgIpc) is 2.92. The van der Waals surface area contributed by atoms with Gasteiger partial charge in [-0.15, -0.1) is 0 Å². The van der Waals surface area contributed by atoms with Gasteiger partial charge in [0.2, 0.25) is 0 Å². The molecule has 0 radical (unpaired) electrons. The molecule has 4 fully saturated rings. The van der Waals surface area contributed by atoms with E-state index in [1.807, 2.05) is 0 Å². The summed E-state index contributed by atoms with van der Waals surface area (Å²) < 4.78 is 18.4. The van der Waals surface area contributed by atoms with Gasteiger partial charge in [0, 0.05) is 29.6 Å². The number of hydrogen-bond acceptors (Lipinski definition) is 5. The summed E-state index contributed by atoms with van der Waals surface area (Å²) in [6.45, 7) is 16.3. The first-order chi connectivity index (χ1) is 18.9. The Morgan fingerprint density at radius 3 is 2.20 bits per heavy atom. The molecule has 40 heavy (non-hydrogen) atoms. The summed E-state index contributed by atoms with van der Waals surface area (Å²) in [6, 6.07) is 9.25. The summed E-state index contributed by atoms with van der Waals surface area (Å²) in [7, 11) is 0. The summed E-state index contributed by atoms with van der Waals surface area (Å²) in [5, 5.41) is 23.9. The van der Waals surface area contributed by atoms with E-state index in [0.717, 1.165) is 58.2 Å². The summed E-state index contributed by atoms with van der Waals surface area (Å²) in [4.78, 5) is 0. The Kier molecular flexibility index (Phi) is 7.15. The van der Waals surface area contributed by atoms with E-state index in [0.29, 0.717) is 31.5 Å². The number of ether oxygens (including phenoxy) is 3. The molecule has 222 valence electrons. The molecule has 5 aliphatic rings. The van der Waals surface area contributed by atoms with Crippen molar-refractivity contribution in [3.8, 4) is 0 Å². The minimum atomic E-state index is -0.893. The fourth-order valence-corrected chi connectivity index (χ4v) is 9.24. The van der Waals surface area contributed by atoms with Crippen LogP contribution in [-0.4, -0.2) is 54.1 Å². The number of benzene rings is 1. The lowest BCUT2D eigenvalue weighted by Gasteiger charge is -2.59. The zero-order valence-electron chi connectivity index (χ0n) is 25.7. The van der Waals surface area contributed by atoms with Gasteiger partial charge in [0.05, 0.1) is 38.1 Å². The van der Waals surface area contributed by atoms with Gasteiger partial charge >= 0.3 is 0 Å². The lowest BCUT2D eigenvalue weighted by Crippen LogP contribution is -2.58. The number of fused-ring (bicyclic) bond motifs is 2. The Hall–Kier alpha value is -1.24. The maximum absolute atomic E-state index is 12.4. The number of hydrogen-bond donors (Lipinski definition) is 2. The largest absolute Gasteiger partial charge is 0.393 e. The van der Waals surface area contributed by atoms with Crippen LogP contribution in [0, 0.1) is 22.7 Å². The smallest absolute Gasteiger partial charge is 0.171 e. The van der Waals surface area contributed by atoms with Gasteiger partial charge in [-0.2, -0.15) is 0 Å². The normalized spacial score (nSPS) is 38.8. The monoisotopic (exact) mass is 552 g/mol. The Labute approximate surface area is 241 Å². The molecule has 2 N–H and O–H groups in total. The number of rotatable bonds is 5. The molecule has 1 spiro atoms. The highest BCUT2D eigenvalue weighted by molar-refractivity contribution is 5.44. The highest BCUT2D eigenvalue weighted by Gasteiger charge is 2.58. The maximum atomic E-state index is 12.4. The van der Waals surface area contributed by atoms with Crippen molar-refractivity contribution in [2.75, 3.05) is 26.4 Å². The quantitative estimate of drug-likeness (QED) is 0.400. The lowest BCUT2D eigenvalue weighted by molar-refractivity contribution is -0.322. The molecule has 5 heteroatoms. The van der Waals surface area contributed by atoms with E-state index in [1.165, 1.54) is 22.3 Å². The van der Waals surface area contributed by atoms with Crippen LogP contribution in [0.3, 0.4) is 0 Å². The van der Waals surface area contributed by atoms with Crippen LogP contribution in [0.1, 0.15) is 110 Å². The van der Waals surface area contributed by atoms with E-state index in [9.17, 15) is 10.2 Å². The van der Waals surface area contributed by atoms with E-state index in [2.05, 4.69) is 65.8 Å². The Bertz CT molecular complexity index is 1120. The van der Waals surface area contributed by atoms with E-state index >= 15 is 0 Å². The Balaban J connectivity index is 1.41. The van der Waals surface area contributed by atoms with Crippen LogP contribution in [-0.2, 0) is 19.6 Å². The fraction of sp³-hybridized carbons (Fsp3) is 0.771. The third-order valence-electron chi connectivity index (χ3n) is 11.7. The molecule has 2 aliphatic heterocycles. The van der Waals surface area contributed by atoms with E-state index in [4.69, 9.17) is 14.2 Å². The first kappa shape index (κ1) is 28.9. The molecule has 5 nitrogen and oxygen atoms in total. The summed E-state index contributed by atoms with van der Waals surface area (Å²) in [5.74, 6) is 0.296. The number of aliphatic hydroxyl groups is 2. The molecular weight excluding hydrogens is 500 g/mol. The predicted molar refractivity (Wildman–Crippen MR) is 157 cm³/mol. The number of aliphatic hydroxyl groups excluding tert-OH is 1. The third-order valence-corrected chi connectivity index (χ3v) is 11.7. The van der Waals surface area contributed by atoms with E-state index < -0.39 is 11.4 Å². The van der Waals surface area contributed by atoms with Crippen molar-refractivity contribution >= 4 is 0 Å². The van der Waals surface area contributed by atoms with Crippen molar-refractivity contribution in [2.24, 2.45) is 22.7 Å². The van der Waals surface area contributed by atoms with Crippen LogP contribution in [0.5, 0.6) is 0 Å². The molecule has 1 aromatic carbocycles. The predicted octanol–water partition coefficient (Wildman–Crippen LogP) is 6.66. The third kappa shape index (κ3) is 4.54. The van der Waals surface area contributed by atoms with E-state index in [-0.39, 0.29) is 28.3 Å². The molecule has 1 aromatic rings. The second-order valence-electron chi connectivity index (χ2n) is 15.3. The van der Waals surface area contributed by atoms with Gasteiger partial charge in [0.1, 0.15) is 0 Å². The van der Waals surface area contributed by atoms with Crippen LogP contribution >= 0.6 is 0 Å². The van der Waals surface area contributed by atoms with Crippen molar-refractivity contribution in [1.29, 1.82) is 0 Å².